The van der Waals surface area contributed by atoms with Crippen molar-refractivity contribution in [1.29, 1.82) is 0 Å². The van der Waals surface area contributed by atoms with E-state index in [0.717, 1.165) is 25.3 Å². The zero-order chi connectivity index (χ0) is 14.2. The van der Waals surface area contributed by atoms with Crippen LogP contribution in [0.15, 0.2) is 18.2 Å². The summed E-state index contributed by atoms with van der Waals surface area (Å²) < 4.78 is 0. The van der Waals surface area contributed by atoms with Crippen molar-refractivity contribution in [2.24, 2.45) is 5.73 Å². The number of nitrogen functional groups attached to an aromatic ring is 1. The molecule has 1 aliphatic rings. The molecule has 1 saturated heterocycles. The third-order valence-corrected chi connectivity index (χ3v) is 3.97. The van der Waals surface area contributed by atoms with Crippen molar-refractivity contribution in [3.63, 3.8) is 0 Å². The standard InChI is InChI=1S/C14H22N4O/c1-14(2)9-18(7-6-17(14)3)12-5-4-10(13(16)19)8-11(12)15/h4-5,8H,6-7,9,15H2,1-3H3,(H2,16,19). The molecule has 19 heavy (non-hydrogen) atoms. The van der Waals surface area contributed by atoms with Crippen molar-refractivity contribution < 1.29 is 4.79 Å². The predicted octanol–water partition coefficient (Wildman–Crippen LogP) is 0.898. The molecule has 0 aromatic heterocycles. The number of primary amides is 1. The smallest absolute Gasteiger partial charge is 0.248 e. The number of nitrogens with two attached hydrogens (primary N) is 2. The summed E-state index contributed by atoms with van der Waals surface area (Å²) in [4.78, 5) is 15.7. The van der Waals surface area contributed by atoms with Gasteiger partial charge >= 0.3 is 0 Å². The molecule has 0 radical (unpaired) electrons. The van der Waals surface area contributed by atoms with Crippen LogP contribution in [0.25, 0.3) is 0 Å². The maximum absolute atomic E-state index is 11.1. The van der Waals surface area contributed by atoms with Gasteiger partial charge in [0, 0.05) is 30.7 Å². The Hall–Kier alpha value is -1.75. The number of hydrogen-bond donors (Lipinski definition) is 2. The van der Waals surface area contributed by atoms with E-state index in [1.807, 2.05) is 6.07 Å². The second-order valence-corrected chi connectivity index (χ2v) is 5.79. The molecule has 1 aromatic rings. The molecule has 104 valence electrons. The van der Waals surface area contributed by atoms with Gasteiger partial charge in [-0.3, -0.25) is 9.69 Å². The predicted molar refractivity (Wildman–Crippen MR) is 78.3 cm³/mol. The Kier molecular flexibility index (Phi) is 3.41. The highest BCUT2D eigenvalue weighted by molar-refractivity contribution is 5.94. The van der Waals surface area contributed by atoms with Crippen LogP contribution < -0.4 is 16.4 Å². The highest BCUT2D eigenvalue weighted by Crippen LogP contribution is 2.29. The molecule has 5 nitrogen and oxygen atoms in total. The summed E-state index contributed by atoms with van der Waals surface area (Å²) in [6.45, 7) is 7.26. The maximum atomic E-state index is 11.1. The molecule has 0 spiro atoms. The number of benzene rings is 1. The van der Waals surface area contributed by atoms with Crippen molar-refractivity contribution in [2.45, 2.75) is 19.4 Å². The third-order valence-electron chi connectivity index (χ3n) is 3.97. The van der Waals surface area contributed by atoms with Crippen LogP contribution >= 0.6 is 0 Å². The lowest BCUT2D eigenvalue weighted by molar-refractivity contribution is 0.100. The summed E-state index contributed by atoms with van der Waals surface area (Å²) in [6.07, 6.45) is 0. The van der Waals surface area contributed by atoms with Gasteiger partial charge in [-0.25, -0.2) is 0 Å². The molecular formula is C14H22N4O. The first-order chi connectivity index (χ1) is 8.81. The zero-order valence-corrected chi connectivity index (χ0v) is 11.8. The Labute approximate surface area is 114 Å². The third kappa shape index (κ3) is 2.66. The molecule has 1 aromatic carbocycles. The largest absolute Gasteiger partial charge is 0.397 e. The molecular weight excluding hydrogens is 240 g/mol. The molecule has 1 heterocycles. The van der Waals surface area contributed by atoms with Crippen LogP contribution in [0.2, 0.25) is 0 Å². The first-order valence-electron chi connectivity index (χ1n) is 6.47. The van der Waals surface area contributed by atoms with E-state index in [2.05, 4.69) is 30.7 Å². The van der Waals surface area contributed by atoms with Gasteiger partial charge < -0.3 is 16.4 Å². The Morgan fingerprint density at radius 2 is 2.00 bits per heavy atom. The van der Waals surface area contributed by atoms with Gasteiger partial charge in [-0.15, -0.1) is 0 Å². The van der Waals surface area contributed by atoms with Crippen LogP contribution in [-0.2, 0) is 0 Å². The number of nitrogens with zero attached hydrogens (tertiary/aromatic N) is 2. The van der Waals surface area contributed by atoms with E-state index < -0.39 is 5.91 Å². The molecule has 1 aliphatic heterocycles. The quantitative estimate of drug-likeness (QED) is 0.776. The fraction of sp³-hybridized carbons (Fsp3) is 0.500. The van der Waals surface area contributed by atoms with Crippen molar-refractivity contribution >= 4 is 17.3 Å². The van der Waals surface area contributed by atoms with Gasteiger partial charge in [-0.05, 0) is 39.1 Å². The van der Waals surface area contributed by atoms with E-state index in [4.69, 9.17) is 11.5 Å². The molecule has 0 bridgehead atoms. The molecule has 0 unspecified atom stereocenters. The van der Waals surface area contributed by atoms with Crippen LogP contribution in [0.3, 0.4) is 0 Å². The van der Waals surface area contributed by atoms with Crippen LogP contribution in [0, 0.1) is 0 Å². The van der Waals surface area contributed by atoms with Crippen LogP contribution in [-0.4, -0.2) is 43.0 Å². The number of carbonyl (C=O) groups excluding carboxylic acids is 1. The normalized spacial score (nSPS) is 19.4. The summed E-state index contributed by atoms with van der Waals surface area (Å²) in [7, 11) is 2.14. The molecule has 5 heteroatoms. The van der Waals surface area contributed by atoms with Crippen LogP contribution in [0.4, 0.5) is 11.4 Å². The van der Waals surface area contributed by atoms with E-state index in [-0.39, 0.29) is 5.54 Å². The SMILES string of the molecule is CN1CCN(c2ccc(C(N)=O)cc2N)CC1(C)C. The number of anilines is 2. The first-order valence-corrected chi connectivity index (χ1v) is 6.47. The fourth-order valence-corrected chi connectivity index (χ4v) is 2.44. The molecule has 4 N–H and O–H groups in total. The maximum Gasteiger partial charge on any atom is 0.248 e. The molecule has 0 aliphatic carbocycles. The number of hydrogen-bond acceptors (Lipinski definition) is 4. The van der Waals surface area contributed by atoms with E-state index >= 15 is 0 Å². The zero-order valence-electron chi connectivity index (χ0n) is 11.8. The average Bonchev–Trinajstić information content (AvgIpc) is 2.32. The minimum Gasteiger partial charge on any atom is -0.397 e. The lowest BCUT2D eigenvalue weighted by Gasteiger charge is -2.46. The molecule has 1 amide bonds. The molecule has 0 saturated carbocycles. The number of carbonyl (C=O) groups is 1. The second kappa shape index (κ2) is 4.74. The lowest BCUT2D eigenvalue weighted by Crippen LogP contribution is -2.57. The van der Waals surface area contributed by atoms with E-state index in [0.29, 0.717) is 11.3 Å². The van der Waals surface area contributed by atoms with Crippen LogP contribution in [0.1, 0.15) is 24.2 Å². The highest BCUT2D eigenvalue weighted by atomic mass is 16.1. The molecule has 1 fully saturated rings. The summed E-state index contributed by atoms with van der Waals surface area (Å²) in [5, 5.41) is 0. The minimum atomic E-state index is -0.447. The van der Waals surface area contributed by atoms with Gasteiger partial charge in [0.25, 0.3) is 0 Å². The van der Waals surface area contributed by atoms with Gasteiger partial charge in [-0.1, -0.05) is 0 Å². The van der Waals surface area contributed by atoms with E-state index in [1.165, 1.54) is 0 Å². The van der Waals surface area contributed by atoms with Gasteiger partial charge in [0.2, 0.25) is 5.91 Å². The van der Waals surface area contributed by atoms with Gasteiger partial charge in [0.1, 0.15) is 0 Å². The fourth-order valence-electron chi connectivity index (χ4n) is 2.44. The summed E-state index contributed by atoms with van der Waals surface area (Å²) in [5.41, 5.74) is 13.5. The van der Waals surface area contributed by atoms with Gasteiger partial charge in [0.05, 0.1) is 11.4 Å². The average molecular weight is 262 g/mol. The van der Waals surface area contributed by atoms with Gasteiger partial charge in [-0.2, -0.15) is 0 Å². The Morgan fingerprint density at radius 3 is 2.53 bits per heavy atom. The van der Waals surface area contributed by atoms with Gasteiger partial charge in [0.15, 0.2) is 0 Å². The Morgan fingerprint density at radius 1 is 1.32 bits per heavy atom. The van der Waals surface area contributed by atoms with E-state index in [9.17, 15) is 4.79 Å². The van der Waals surface area contributed by atoms with Crippen molar-refractivity contribution in [3.05, 3.63) is 23.8 Å². The van der Waals surface area contributed by atoms with Crippen molar-refractivity contribution in [1.82, 2.24) is 4.90 Å². The van der Waals surface area contributed by atoms with Crippen LogP contribution in [0.5, 0.6) is 0 Å². The lowest BCUT2D eigenvalue weighted by atomic mass is 9.99. The van der Waals surface area contributed by atoms with Crippen molar-refractivity contribution in [2.75, 3.05) is 37.3 Å². The highest BCUT2D eigenvalue weighted by Gasteiger charge is 2.31. The molecule has 2 rings (SSSR count). The summed E-state index contributed by atoms with van der Waals surface area (Å²) in [6, 6.07) is 5.28. The summed E-state index contributed by atoms with van der Waals surface area (Å²) >= 11 is 0. The van der Waals surface area contributed by atoms with Crippen molar-refractivity contribution in [3.8, 4) is 0 Å². The number of rotatable bonds is 2. The molecule has 0 atom stereocenters. The Bertz CT molecular complexity index is 498. The number of piperazine rings is 1. The number of likely N-dealkylation sites (N-methyl/N-ethyl adjacent to an activating group) is 1. The number of amides is 1. The minimum absolute atomic E-state index is 0.104. The summed E-state index contributed by atoms with van der Waals surface area (Å²) in [5.74, 6) is -0.447. The monoisotopic (exact) mass is 262 g/mol. The Balaban J connectivity index is 2.26. The topological polar surface area (TPSA) is 75.6 Å². The second-order valence-electron chi connectivity index (χ2n) is 5.79. The first kappa shape index (κ1) is 13.7. The van der Waals surface area contributed by atoms with E-state index in [1.54, 1.807) is 12.1 Å².